The Morgan fingerprint density at radius 3 is 3.05 bits per heavy atom. The van der Waals surface area contributed by atoms with Gasteiger partial charge in [0, 0.05) is 13.2 Å². The second kappa shape index (κ2) is 8.47. The van der Waals surface area contributed by atoms with Gasteiger partial charge in [0.05, 0.1) is 19.7 Å². The van der Waals surface area contributed by atoms with E-state index in [0.29, 0.717) is 18.4 Å². The molecule has 1 aliphatic heterocycles. The summed E-state index contributed by atoms with van der Waals surface area (Å²) in [4.78, 5) is 6.59. The molecule has 0 aromatic carbocycles. The number of ether oxygens (including phenoxy) is 1. The average Bonchev–Trinajstić information content (AvgIpc) is 2.84. The lowest BCUT2D eigenvalue weighted by molar-refractivity contribution is 0.0636. The molecule has 0 saturated carbocycles. The summed E-state index contributed by atoms with van der Waals surface area (Å²) in [6, 6.07) is 0. The maximum Gasteiger partial charge on any atom is 0.240 e. The fourth-order valence-corrected chi connectivity index (χ4v) is 2.35. The smallest absolute Gasteiger partial charge is 0.240 e. The van der Waals surface area contributed by atoms with Crippen molar-refractivity contribution in [1.29, 1.82) is 0 Å². The SMILES string of the molecule is CCOCC1CCCN(Cc2noc(CN)n2)C1.Cl. The summed E-state index contributed by atoms with van der Waals surface area (Å²) in [5.41, 5.74) is 5.45. The minimum absolute atomic E-state index is 0. The maximum absolute atomic E-state index is 5.50. The number of hydrogen-bond acceptors (Lipinski definition) is 6. The molecule has 7 heteroatoms. The second-order valence-corrected chi connectivity index (χ2v) is 4.71. The zero-order valence-electron chi connectivity index (χ0n) is 11.4. The molecular formula is C12H23ClN4O2. The Labute approximate surface area is 120 Å². The third-order valence-corrected chi connectivity index (χ3v) is 3.21. The van der Waals surface area contributed by atoms with E-state index >= 15 is 0 Å². The molecule has 110 valence electrons. The Balaban J connectivity index is 0.00000180. The van der Waals surface area contributed by atoms with Crippen molar-refractivity contribution in [3.63, 3.8) is 0 Å². The first-order valence-corrected chi connectivity index (χ1v) is 6.63. The van der Waals surface area contributed by atoms with Crippen molar-refractivity contribution >= 4 is 12.4 Å². The van der Waals surface area contributed by atoms with Gasteiger partial charge >= 0.3 is 0 Å². The molecule has 0 spiro atoms. The van der Waals surface area contributed by atoms with E-state index in [1.807, 2.05) is 6.92 Å². The highest BCUT2D eigenvalue weighted by molar-refractivity contribution is 5.85. The number of likely N-dealkylation sites (tertiary alicyclic amines) is 1. The van der Waals surface area contributed by atoms with Crippen LogP contribution in [0, 0.1) is 5.92 Å². The summed E-state index contributed by atoms with van der Waals surface area (Å²) >= 11 is 0. The predicted octanol–water partition coefficient (Wildman–Crippen LogP) is 1.20. The molecule has 0 radical (unpaired) electrons. The predicted molar refractivity (Wildman–Crippen MR) is 73.9 cm³/mol. The van der Waals surface area contributed by atoms with E-state index in [4.69, 9.17) is 15.0 Å². The number of rotatable bonds is 6. The van der Waals surface area contributed by atoms with Crippen LogP contribution in [0.15, 0.2) is 4.52 Å². The van der Waals surface area contributed by atoms with Crippen LogP contribution < -0.4 is 5.73 Å². The molecule has 1 aliphatic rings. The highest BCUT2D eigenvalue weighted by atomic mass is 35.5. The van der Waals surface area contributed by atoms with Crippen LogP contribution in [-0.2, 0) is 17.8 Å². The summed E-state index contributed by atoms with van der Waals surface area (Å²) in [6.07, 6.45) is 2.45. The molecular weight excluding hydrogens is 268 g/mol. The quantitative estimate of drug-likeness (QED) is 0.848. The molecule has 1 fully saturated rings. The standard InChI is InChI=1S/C12H22N4O2.ClH/c1-2-17-9-10-4-3-5-16(7-10)8-11-14-12(6-13)18-15-11;/h10H,2-9,13H2,1H3;1H. The minimum atomic E-state index is 0. The maximum atomic E-state index is 5.50. The molecule has 1 aromatic rings. The lowest BCUT2D eigenvalue weighted by Gasteiger charge is -2.31. The number of piperidine rings is 1. The Kier molecular flexibility index (Phi) is 7.30. The number of nitrogens with zero attached hydrogens (tertiary/aromatic N) is 3. The van der Waals surface area contributed by atoms with E-state index in [9.17, 15) is 0 Å². The van der Waals surface area contributed by atoms with Crippen molar-refractivity contribution in [3.05, 3.63) is 11.7 Å². The highest BCUT2D eigenvalue weighted by Gasteiger charge is 2.21. The lowest BCUT2D eigenvalue weighted by atomic mass is 9.99. The van der Waals surface area contributed by atoms with Gasteiger partial charge in [-0.05, 0) is 32.2 Å². The van der Waals surface area contributed by atoms with E-state index in [1.165, 1.54) is 12.8 Å². The van der Waals surface area contributed by atoms with Gasteiger partial charge in [0.1, 0.15) is 0 Å². The van der Waals surface area contributed by atoms with Crippen LogP contribution in [-0.4, -0.2) is 41.3 Å². The van der Waals surface area contributed by atoms with E-state index < -0.39 is 0 Å². The van der Waals surface area contributed by atoms with Crippen molar-refractivity contribution in [2.45, 2.75) is 32.9 Å². The van der Waals surface area contributed by atoms with Crippen LogP contribution in [0.5, 0.6) is 0 Å². The Bertz CT molecular complexity index is 361. The lowest BCUT2D eigenvalue weighted by Crippen LogP contribution is -2.37. The molecule has 0 aliphatic carbocycles. The molecule has 6 nitrogen and oxygen atoms in total. The molecule has 0 bridgehead atoms. The van der Waals surface area contributed by atoms with Gasteiger partial charge in [-0.2, -0.15) is 4.98 Å². The number of halogens is 1. The van der Waals surface area contributed by atoms with Gasteiger partial charge in [-0.1, -0.05) is 5.16 Å². The molecule has 19 heavy (non-hydrogen) atoms. The molecule has 1 unspecified atom stereocenters. The molecule has 1 atom stereocenters. The molecule has 1 aromatic heterocycles. The van der Waals surface area contributed by atoms with Crippen molar-refractivity contribution < 1.29 is 9.26 Å². The first-order valence-electron chi connectivity index (χ1n) is 6.63. The van der Waals surface area contributed by atoms with Crippen LogP contribution >= 0.6 is 12.4 Å². The van der Waals surface area contributed by atoms with Crippen molar-refractivity contribution in [2.75, 3.05) is 26.3 Å². The van der Waals surface area contributed by atoms with Gasteiger partial charge in [0.25, 0.3) is 0 Å². The van der Waals surface area contributed by atoms with Gasteiger partial charge in [0.15, 0.2) is 5.82 Å². The van der Waals surface area contributed by atoms with Crippen LogP contribution in [0.2, 0.25) is 0 Å². The topological polar surface area (TPSA) is 77.4 Å². The molecule has 0 amide bonds. The van der Waals surface area contributed by atoms with Crippen molar-refractivity contribution in [3.8, 4) is 0 Å². The first-order chi connectivity index (χ1) is 8.81. The van der Waals surface area contributed by atoms with Crippen LogP contribution in [0.1, 0.15) is 31.5 Å². The van der Waals surface area contributed by atoms with Crippen LogP contribution in [0.3, 0.4) is 0 Å². The Hall–Kier alpha value is -0.690. The molecule has 2 heterocycles. The van der Waals surface area contributed by atoms with Gasteiger partial charge in [0.2, 0.25) is 5.89 Å². The number of aromatic nitrogens is 2. The molecule has 1 saturated heterocycles. The summed E-state index contributed by atoms with van der Waals surface area (Å²) in [6.45, 7) is 6.87. The number of hydrogen-bond donors (Lipinski definition) is 1. The normalized spacial score (nSPS) is 20.2. The zero-order valence-corrected chi connectivity index (χ0v) is 12.2. The van der Waals surface area contributed by atoms with Gasteiger partial charge in [-0.15, -0.1) is 12.4 Å². The van der Waals surface area contributed by atoms with E-state index in [0.717, 1.165) is 38.7 Å². The molecule has 2 N–H and O–H groups in total. The van der Waals surface area contributed by atoms with Crippen molar-refractivity contribution in [2.24, 2.45) is 11.7 Å². The third kappa shape index (κ3) is 5.06. The Morgan fingerprint density at radius 1 is 1.53 bits per heavy atom. The summed E-state index contributed by atoms with van der Waals surface area (Å²) in [5, 5.41) is 3.93. The summed E-state index contributed by atoms with van der Waals surface area (Å²) in [7, 11) is 0. The fourth-order valence-electron chi connectivity index (χ4n) is 2.35. The minimum Gasteiger partial charge on any atom is -0.381 e. The molecule has 2 rings (SSSR count). The van der Waals surface area contributed by atoms with Crippen LogP contribution in [0.25, 0.3) is 0 Å². The zero-order chi connectivity index (χ0) is 12.8. The van der Waals surface area contributed by atoms with E-state index in [2.05, 4.69) is 15.0 Å². The fraction of sp³-hybridized carbons (Fsp3) is 0.833. The van der Waals surface area contributed by atoms with Gasteiger partial charge in [-0.25, -0.2) is 0 Å². The van der Waals surface area contributed by atoms with Crippen LogP contribution in [0.4, 0.5) is 0 Å². The van der Waals surface area contributed by atoms with E-state index in [1.54, 1.807) is 0 Å². The van der Waals surface area contributed by atoms with Gasteiger partial charge in [-0.3, -0.25) is 4.90 Å². The van der Waals surface area contributed by atoms with E-state index in [-0.39, 0.29) is 12.4 Å². The van der Waals surface area contributed by atoms with Crippen molar-refractivity contribution in [1.82, 2.24) is 15.0 Å². The van der Waals surface area contributed by atoms with Gasteiger partial charge < -0.3 is 15.0 Å². The number of nitrogens with two attached hydrogens (primary N) is 1. The highest BCUT2D eigenvalue weighted by Crippen LogP contribution is 2.18. The monoisotopic (exact) mass is 290 g/mol. The first kappa shape index (κ1) is 16.4. The second-order valence-electron chi connectivity index (χ2n) is 4.71. The largest absolute Gasteiger partial charge is 0.381 e. The average molecular weight is 291 g/mol. The Morgan fingerprint density at radius 2 is 2.37 bits per heavy atom. The third-order valence-electron chi connectivity index (χ3n) is 3.21. The summed E-state index contributed by atoms with van der Waals surface area (Å²) in [5.74, 6) is 1.86. The summed E-state index contributed by atoms with van der Waals surface area (Å²) < 4.78 is 10.5.